The molecule has 0 spiro atoms. The first-order valence-electron chi connectivity index (χ1n) is 16.1. The van der Waals surface area contributed by atoms with Gasteiger partial charge in [0.1, 0.15) is 17.2 Å². The van der Waals surface area contributed by atoms with Crippen LogP contribution < -0.4 is 21.5 Å². The molecule has 0 aliphatic heterocycles. The number of carboxylic acid groups (broad SMARTS) is 2. The minimum atomic E-state index is -2.55. The number of carbonyl (C=O) groups is 5. The Kier molecular flexibility index (Phi) is 12.5. The highest BCUT2D eigenvalue weighted by molar-refractivity contribution is 7.57. The predicted molar refractivity (Wildman–Crippen MR) is 181 cm³/mol. The summed E-state index contributed by atoms with van der Waals surface area (Å²) in [6, 6.07) is 4.72. The molecule has 0 unspecified atom stereocenters. The van der Waals surface area contributed by atoms with E-state index in [1.165, 1.54) is 18.3 Å². The summed E-state index contributed by atoms with van der Waals surface area (Å²) < 4.78 is 16.9. The van der Waals surface area contributed by atoms with E-state index in [1.807, 2.05) is 0 Å². The standard InChI is InChI=1S/C32H40N7O10P/c1-50(2,48)49-16-5-3-4-7-23(40)32(14-6-15-32)30(47)39-31-37-26-25(28(44)38-31)35-21(18-34-26)17-33-20-10-8-19(9-11-20)27(43)36-22(29(45)46)12-13-24(41)42/h8-11,18,22,33H,3-7,12-17H2,1-2H3,(H,36,43)(H,41,42)(H,45,46)(H2,34,37,38,39,44,47)/t22-/m1/s1. The number of nitrogens with one attached hydrogen (secondary N) is 4. The average Bonchev–Trinajstić information content (AvgIpc) is 3.02. The third kappa shape index (κ3) is 10.2. The Labute approximate surface area is 286 Å². The molecule has 4 rings (SSSR count). The quantitative estimate of drug-likeness (QED) is 0.0593. The lowest BCUT2D eigenvalue weighted by Crippen LogP contribution is -2.48. The molecule has 2 heterocycles. The number of benzene rings is 1. The van der Waals surface area contributed by atoms with E-state index in [1.54, 1.807) is 25.5 Å². The molecule has 1 aromatic carbocycles. The Bertz CT molecular complexity index is 1850. The zero-order valence-corrected chi connectivity index (χ0v) is 28.6. The van der Waals surface area contributed by atoms with E-state index in [4.69, 9.17) is 9.63 Å². The van der Waals surface area contributed by atoms with Crippen molar-refractivity contribution in [3.63, 3.8) is 0 Å². The summed E-state index contributed by atoms with van der Waals surface area (Å²) in [4.78, 5) is 89.1. The summed E-state index contributed by atoms with van der Waals surface area (Å²) in [7, 11) is -2.55. The number of anilines is 2. The van der Waals surface area contributed by atoms with Gasteiger partial charge in [-0.25, -0.2) is 14.8 Å². The molecule has 18 heteroatoms. The molecule has 1 atom stereocenters. The molecule has 3 aromatic rings. The second-order valence-electron chi connectivity index (χ2n) is 12.4. The average molecular weight is 714 g/mol. The van der Waals surface area contributed by atoms with Crippen LogP contribution in [0.2, 0.25) is 0 Å². The number of unbranched alkanes of at least 4 members (excludes halogenated alkanes) is 2. The summed E-state index contributed by atoms with van der Waals surface area (Å²) in [5.41, 5.74) is -0.768. The first-order chi connectivity index (χ1) is 23.7. The maximum absolute atomic E-state index is 13.3. The number of aromatic amines is 1. The fourth-order valence-corrected chi connectivity index (χ4v) is 5.84. The zero-order chi connectivity index (χ0) is 36.5. The third-order valence-electron chi connectivity index (χ3n) is 8.20. The van der Waals surface area contributed by atoms with Crippen molar-refractivity contribution in [3.8, 4) is 0 Å². The second-order valence-corrected chi connectivity index (χ2v) is 15.1. The fourth-order valence-electron chi connectivity index (χ4n) is 5.28. The number of aliphatic carboxylic acids is 2. The van der Waals surface area contributed by atoms with Crippen LogP contribution in [0.25, 0.3) is 11.2 Å². The summed E-state index contributed by atoms with van der Waals surface area (Å²) >= 11 is 0. The first kappa shape index (κ1) is 37.8. The Hall–Kier alpha value is -5.02. The molecule has 1 aliphatic rings. The lowest BCUT2D eigenvalue weighted by atomic mass is 9.64. The highest BCUT2D eigenvalue weighted by Crippen LogP contribution is 2.44. The minimum Gasteiger partial charge on any atom is -0.481 e. The molecular formula is C32H40N7O10P. The topological polar surface area (TPSA) is 260 Å². The number of aromatic nitrogens is 4. The number of ketones is 1. The van der Waals surface area contributed by atoms with Crippen molar-refractivity contribution < 1.29 is 43.3 Å². The molecule has 0 saturated heterocycles. The lowest BCUT2D eigenvalue weighted by Gasteiger charge is -2.38. The third-order valence-corrected chi connectivity index (χ3v) is 9.00. The van der Waals surface area contributed by atoms with Crippen LogP contribution in [0, 0.1) is 5.41 Å². The summed E-state index contributed by atoms with van der Waals surface area (Å²) in [6.45, 7) is 3.58. The molecule has 17 nitrogen and oxygen atoms in total. The Balaban J connectivity index is 1.32. The number of hydrogen-bond acceptors (Lipinski definition) is 12. The van der Waals surface area contributed by atoms with Crippen LogP contribution in [0.15, 0.2) is 35.3 Å². The number of Topliss-reactive ketones (excluding diaryl/α,β-unsaturated/α-hetero) is 1. The molecule has 1 saturated carbocycles. The van der Waals surface area contributed by atoms with Gasteiger partial charge in [0.25, 0.3) is 11.5 Å². The van der Waals surface area contributed by atoms with Crippen molar-refractivity contribution in [2.75, 3.05) is 30.6 Å². The van der Waals surface area contributed by atoms with Crippen molar-refractivity contribution in [1.29, 1.82) is 0 Å². The molecular weight excluding hydrogens is 673 g/mol. The van der Waals surface area contributed by atoms with Gasteiger partial charge >= 0.3 is 11.9 Å². The predicted octanol–water partition coefficient (Wildman–Crippen LogP) is 3.17. The van der Waals surface area contributed by atoms with Gasteiger partial charge in [0.2, 0.25) is 11.9 Å². The van der Waals surface area contributed by atoms with E-state index in [-0.39, 0.29) is 47.8 Å². The number of amides is 2. The number of hydrogen-bond donors (Lipinski definition) is 6. The fraction of sp³-hybridized carbons (Fsp3) is 0.469. The van der Waals surface area contributed by atoms with Gasteiger partial charge in [0.05, 0.1) is 25.0 Å². The second kappa shape index (κ2) is 16.6. The molecule has 2 amide bonds. The molecule has 0 bridgehead atoms. The van der Waals surface area contributed by atoms with E-state index >= 15 is 0 Å². The zero-order valence-electron chi connectivity index (χ0n) is 27.7. The van der Waals surface area contributed by atoms with Crippen LogP contribution in [-0.2, 0) is 34.8 Å². The molecule has 0 radical (unpaired) electrons. The van der Waals surface area contributed by atoms with Crippen LogP contribution >= 0.6 is 7.37 Å². The largest absolute Gasteiger partial charge is 0.481 e. The lowest BCUT2D eigenvalue weighted by molar-refractivity contribution is -0.145. The first-order valence-corrected chi connectivity index (χ1v) is 18.6. The molecule has 1 aliphatic carbocycles. The van der Waals surface area contributed by atoms with Gasteiger partial charge in [0, 0.05) is 37.4 Å². The van der Waals surface area contributed by atoms with Crippen LogP contribution in [0.1, 0.15) is 73.8 Å². The van der Waals surface area contributed by atoms with Gasteiger partial charge in [0.15, 0.2) is 18.5 Å². The molecule has 6 N–H and O–H groups in total. The number of fused-ring (bicyclic) bond motifs is 1. The maximum Gasteiger partial charge on any atom is 0.326 e. The van der Waals surface area contributed by atoms with E-state index in [0.717, 1.165) is 6.42 Å². The van der Waals surface area contributed by atoms with Crippen LogP contribution in [0.5, 0.6) is 0 Å². The van der Waals surface area contributed by atoms with Gasteiger partial charge in [-0.1, -0.05) is 12.8 Å². The van der Waals surface area contributed by atoms with Crippen molar-refractivity contribution in [1.82, 2.24) is 25.3 Å². The van der Waals surface area contributed by atoms with Gasteiger partial charge in [-0.3, -0.25) is 38.8 Å². The number of nitrogens with zero attached hydrogens (tertiary/aromatic N) is 3. The van der Waals surface area contributed by atoms with Crippen molar-refractivity contribution in [3.05, 3.63) is 52.1 Å². The maximum atomic E-state index is 13.3. The van der Waals surface area contributed by atoms with E-state index in [2.05, 4.69) is 35.9 Å². The molecule has 50 heavy (non-hydrogen) atoms. The Morgan fingerprint density at radius 1 is 1.02 bits per heavy atom. The monoisotopic (exact) mass is 713 g/mol. The summed E-state index contributed by atoms with van der Waals surface area (Å²) in [5.74, 6) is -4.04. The number of H-pyrrole nitrogens is 1. The smallest absolute Gasteiger partial charge is 0.326 e. The normalized spacial score (nSPS) is 14.3. The highest BCUT2D eigenvalue weighted by Gasteiger charge is 2.50. The Morgan fingerprint density at radius 3 is 2.36 bits per heavy atom. The van der Waals surface area contributed by atoms with Crippen molar-refractivity contribution in [2.24, 2.45) is 5.41 Å². The van der Waals surface area contributed by atoms with Gasteiger partial charge in [-0.15, -0.1) is 0 Å². The van der Waals surface area contributed by atoms with Crippen LogP contribution in [0.4, 0.5) is 11.6 Å². The molecule has 2 aromatic heterocycles. The summed E-state index contributed by atoms with van der Waals surface area (Å²) in [5, 5.41) is 26.0. The number of carbonyl (C=O) groups excluding carboxylic acids is 3. The highest BCUT2D eigenvalue weighted by atomic mass is 31.2. The van der Waals surface area contributed by atoms with Gasteiger partial charge < -0.3 is 25.4 Å². The Morgan fingerprint density at radius 2 is 1.74 bits per heavy atom. The van der Waals surface area contributed by atoms with E-state index in [9.17, 15) is 38.4 Å². The molecule has 268 valence electrons. The van der Waals surface area contributed by atoms with Crippen LogP contribution in [-0.4, -0.2) is 85.7 Å². The van der Waals surface area contributed by atoms with Crippen molar-refractivity contribution in [2.45, 2.75) is 70.4 Å². The van der Waals surface area contributed by atoms with E-state index in [0.29, 0.717) is 50.1 Å². The van der Waals surface area contributed by atoms with Gasteiger partial charge in [-0.2, -0.15) is 4.98 Å². The van der Waals surface area contributed by atoms with Gasteiger partial charge in [-0.05, 0) is 56.4 Å². The summed E-state index contributed by atoms with van der Waals surface area (Å²) in [6.07, 6.45) is 4.40. The van der Waals surface area contributed by atoms with Crippen LogP contribution in [0.3, 0.4) is 0 Å². The number of rotatable bonds is 19. The minimum absolute atomic E-state index is 0.00824. The molecule has 1 fully saturated rings. The van der Waals surface area contributed by atoms with E-state index < -0.39 is 54.6 Å². The van der Waals surface area contributed by atoms with Crippen molar-refractivity contribution >= 4 is 59.7 Å². The number of carboxylic acids is 2. The SMILES string of the molecule is CP(C)(=O)OCCCCCC(=O)C1(C(=O)Nc2nc3ncc(CNc4ccc(C(=O)N[C@H](CCC(=O)O)C(=O)O)cc4)nc3c(=O)[nH]2)CCC1.